The Bertz CT molecular complexity index is 820. The highest BCUT2D eigenvalue weighted by atomic mass is 79.9. The van der Waals surface area contributed by atoms with Gasteiger partial charge in [0.15, 0.2) is 4.73 Å². The Morgan fingerprint density at radius 2 is 2.13 bits per heavy atom. The summed E-state index contributed by atoms with van der Waals surface area (Å²) >= 11 is 3.14. The standard InChI is InChI=1S/C15H13BrFN3O3/c16-15-19-11-6-5-10(8-1-3-9(17)4-2-8)18-13(11)14(23)20(15)7-12(21)22/h1-4,10,18H,5-7H2,(H,21,22)/t10-/m0/s1. The van der Waals surface area contributed by atoms with Crippen LogP contribution in [0.15, 0.2) is 33.8 Å². The van der Waals surface area contributed by atoms with Crippen LogP contribution in [0.4, 0.5) is 10.1 Å². The molecule has 2 N–H and O–H groups in total. The van der Waals surface area contributed by atoms with E-state index in [9.17, 15) is 14.0 Å². The number of carboxylic acids is 1. The lowest BCUT2D eigenvalue weighted by atomic mass is 9.96. The van der Waals surface area contributed by atoms with Crippen molar-refractivity contribution < 1.29 is 14.3 Å². The van der Waals surface area contributed by atoms with E-state index in [0.29, 0.717) is 24.2 Å². The number of fused-ring (bicyclic) bond motifs is 1. The minimum Gasteiger partial charge on any atom is -0.480 e. The average molecular weight is 382 g/mol. The highest BCUT2D eigenvalue weighted by molar-refractivity contribution is 9.10. The van der Waals surface area contributed by atoms with E-state index in [-0.39, 0.29) is 16.6 Å². The number of aromatic nitrogens is 2. The summed E-state index contributed by atoms with van der Waals surface area (Å²) in [4.78, 5) is 27.7. The van der Waals surface area contributed by atoms with Crippen molar-refractivity contribution in [3.63, 3.8) is 0 Å². The van der Waals surface area contributed by atoms with Crippen molar-refractivity contribution in [1.82, 2.24) is 9.55 Å². The molecule has 0 unspecified atom stereocenters. The van der Waals surface area contributed by atoms with Crippen molar-refractivity contribution in [3.05, 3.63) is 56.4 Å². The van der Waals surface area contributed by atoms with E-state index >= 15 is 0 Å². The molecule has 6 nitrogen and oxygen atoms in total. The van der Waals surface area contributed by atoms with Crippen LogP contribution in [0.2, 0.25) is 0 Å². The third kappa shape index (κ3) is 3.12. The van der Waals surface area contributed by atoms with E-state index in [4.69, 9.17) is 5.11 Å². The van der Waals surface area contributed by atoms with Gasteiger partial charge in [-0.1, -0.05) is 12.1 Å². The maximum absolute atomic E-state index is 13.0. The molecular weight excluding hydrogens is 369 g/mol. The molecule has 0 bridgehead atoms. The Morgan fingerprint density at radius 1 is 1.43 bits per heavy atom. The Labute approximate surface area is 139 Å². The Kier molecular flexibility index (Phi) is 4.16. The van der Waals surface area contributed by atoms with Crippen molar-refractivity contribution in [3.8, 4) is 0 Å². The van der Waals surface area contributed by atoms with E-state index in [0.717, 1.165) is 10.1 Å². The quantitative estimate of drug-likeness (QED) is 0.797. The molecule has 120 valence electrons. The number of aryl methyl sites for hydroxylation is 1. The number of anilines is 1. The molecule has 0 amide bonds. The third-order valence-corrected chi connectivity index (χ3v) is 4.36. The molecular formula is C15H13BrFN3O3. The maximum Gasteiger partial charge on any atom is 0.323 e. The molecule has 2 aromatic rings. The highest BCUT2D eigenvalue weighted by Gasteiger charge is 2.25. The lowest BCUT2D eigenvalue weighted by molar-refractivity contribution is -0.137. The summed E-state index contributed by atoms with van der Waals surface area (Å²) < 4.78 is 14.3. The van der Waals surface area contributed by atoms with Crippen molar-refractivity contribution in [2.45, 2.75) is 25.4 Å². The average Bonchev–Trinajstić information content (AvgIpc) is 2.52. The number of nitrogens with one attached hydrogen (secondary N) is 1. The van der Waals surface area contributed by atoms with Crippen molar-refractivity contribution in [2.24, 2.45) is 0 Å². The van der Waals surface area contributed by atoms with Crippen LogP contribution in [0.25, 0.3) is 0 Å². The van der Waals surface area contributed by atoms with Crippen molar-refractivity contribution in [1.29, 1.82) is 0 Å². The van der Waals surface area contributed by atoms with Gasteiger partial charge in [0, 0.05) is 0 Å². The van der Waals surface area contributed by atoms with Gasteiger partial charge in [0.1, 0.15) is 18.0 Å². The van der Waals surface area contributed by atoms with Crippen LogP contribution in [0.1, 0.15) is 23.7 Å². The first kappa shape index (κ1) is 15.7. The topological polar surface area (TPSA) is 84.2 Å². The normalized spacial score (nSPS) is 16.5. The summed E-state index contributed by atoms with van der Waals surface area (Å²) in [5.74, 6) is -1.44. The van der Waals surface area contributed by atoms with Crippen LogP contribution >= 0.6 is 15.9 Å². The molecule has 1 aliphatic heterocycles. The smallest absolute Gasteiger partial charge is 0.323 e. The fraction of sp³-hybridized carbons (Fsp3) is 0.267. The van der Waals surface area contributed by atoms with Gasteiger partial charge in [0.25, 0.3) is 5.56 Å². The molecule has 0 radical (unpaired) electrons. The number of rotatable bonds is 3. The third-order valence-electron chi connectivity index (χ3n) is 3.75. The van der Waals surface area contributed by atoms with Crippen molar-refractivity contribution in [2.75, 3.05) is 5.32 Å². The largest absolute Gasteiger partial charge is 0.480 e. The Hall–Kier alpha value is -2.22. The van der Waals surface area contributed by atoms with Gasteiger partial charge in [-0.15, -0.1) is 0 Å². The fourth-order valence-electron chi connectivity index (χ4n) is 2.64. The molecule has 8 heteroatoms. The molecule has 0 saturated carbocycles. The maximum atomic E-state index is 13.0. The summed E-state index contributed by atoms with van der Waals surface area (Å²) in [5, 5.41) is 12.0. The van der Waals surface area contributed by atoms with E-state index in [1.54, 1.807) is 12.1 Å². The molecule has 1 aromatic carbocycles. The minimum absolute atomic E-state index is 0.142. The predicted octanol–water partition coefficient (Wildman–Crippen LogP) is 2.33. The molecule has 0 saturated heterocycles. The summed E-state index contributed by atoms with van der Waals surface area (Å²) in [5.41, 5.74) is 1.33. The monoisotopic (exact) mass is 381 g/mol. The van der Waals surface area contributed by atoms with Crippen LogP contribution in [0.5, 0.6) is 0 Å². The molecule has 1 aromatic heterocycles. The fourth-order valence-corrected chi connectivity index (χ4v) is 3.14. The zero-order valence-corrected chi connectivity index (χ0v) is 13.5. The van der Waals surface area contributed by atoms with Gasteiger partial charge < -0.3 is 10.4 Å². The molecule has 0 aliphatic carbocycles. The highest BCUT2D eigenvalue weighted by Crippen LogP contribution is 2.30. The van der Waals surface area contributed by atoms with Crippen LogP contribution in [0.3, 0.4) is 0 Å². The molecule has 3 rings (SSSR count). The lowest BCUT2D eigenvalue weighted by Crippen LogP contribution is -2.33. The first-order chi connectivity index (χ1) is 11.0. The van der Waals surface area contributed by atoms with Gasteiger partial charge in [-0.05, 0) is 46.5 Å². The Morgan fingerprint density at radius 3 is 2.78 bits per heavy atom. The van der Waals surface area contributed by atoms with Crippen LogP contribution in [-0.4, -0.2) is 20.6 Å². The van der Waals surface area contributed by atoms with Gasteiger partial charge in [0.2, 0.25) is 0 Å². The summed E-state index contributed by atoms with van der Waals surface area (Å²) in [6, 6.07) is 5.93. The first-order valence-electron chi connectivity index (χ1n) is 6.98. The SMILES string of the molecule is O=C(O)Cn1c(Br)nc2c(c1=O)N[C@H](c1ccc(F)cc1)CC2. The molecule has 23 heavy (non-hydrogen) atoms. The summed E-state index contributed by atoms with van der Waals surface area (Å²) in [6.45, 7) is -0.470. The number of carboxylic acid groups (broad SMARTS) is 1. The minimum atomic E-state index is -1.12. The van der Waals surface area contributed by atoms with Gasteiger partial charge in [0.05, 0.1) is 11.7 Å². The molecule has 1 aliphatic rings. The van der Waals surface area contributed by atoms with E-state index in [1.807, 2.05) is 0 Å². The number of hydrogen-bond acceptors (Lipinski definition) is 4. The van der Waals surface area contributed by atoms with E-state index in [1.165, 1.54) is 12.1 Å². The number of nitrogens with zero attached hydrogens (tertiary/aromatic N) is 2. The second-order valence-electron chi connectivity index (χ2n) is 5.27. The van der Waals surface area contributed by atoms with Gasteiger partial charge in [-0.2, -0.15) is 0 Å². The summed E-state index contributed by atoms with van der Waals surface area (Å²) in [6.07, 6.45) is 1.28. The second kappa shape index (κ2) is 6.11. The second-order valence-corrected chi connectivity index (χ2v) is 5.98. The predicted molar refractivity (Wildman–Crippen MR) is 84.9 cm³/mol. The summed E-state index contributed by atoms with van der Waals surface area (Å²) in [7, 11) is 0. The molecule has 0 fully saturated rings. The van der Waals surface area contributed by atoms with Gasteiger partial charge in [-0.25, -0.2) is 9.37 Å². The van der Waals surface area contributed by atoms with Crippen molar-refractivity contribution >= 4 is 27.6 Å². The van der Waals surface area contributed by atoms with E-state index in [2.05, 4.69) is 26.2 Å². The molecule has 0 spiro atoms. The number of carbonyl (C=O) groups is 1. The van der Waals surface area contributed by atoms with Gasteiger partial charge in [-0.3, -0.25) is 14.2 Å². The molecule has 1 atom stereocenters. The number of aliphatic carboxylic acids is 1. The first-order valence-corrected chi connectivity index (χ1v) is 7.78. The van der Waals surface area contributed by atoms with E-state index < -0.39 is 18.1 Å². The zero-order valence-electron chi connectivity index (χ0n) is 11.9. The lowest BCUT2D eigenvalue weighted by Gasteiger charge is -2.27. The number of benzene rings is 1. The van der Waals surface area contributed by atoms with Crippen LogP contribution in [0, 0.1) is 5.82 Å². The van der Waals surface area contributed by atoms with Crippen LogP contribution in [-0.2, 0) is 17.8 Å². The zero-order chi connectivity index (χ0) is 16.6. The van der Waals surface area contributed by atoms with Gasteiger partial charge >= 0.3 is 5.97 Å². The number of halogens is 2. The Balaban J connectivity index is 1.97. The van der Waals surface area contributed by atoms with Crippen LogP contribution < -0.4 is 10.9 Å². The molecule has 2 heterocycles. The number of hydrogen-bond donors (Lipinski definition) is 2.